The lowest BCUT2D eigenvalue weighted by Crippen LogP contribution is -2.41. The van der Waals surface area contributed by atoms with E-state index in [1.54, 1.807) is 0 Å². The predicted octanol–water partition coefficient (Wildman–Crippen LogP) is 3.13. The number of nitrogens with zero attached hydrogens (tertiary/aromatic N) is 3. The van der Waals surface area contributed by atoms with Crippen molar-refractivity contribution in [2.45, 2.75) is 38.1 Å². The number of amides is 2. The largest absolute Gasteiger partial charge is 0.337 e. The summed E-state index contributed by atoms with van der Waals surface area (Å²) in [5.74, 6) is 0.718. The average molecular weight is 349 g/mol. The molecule has 2 heterocycles. The van der Waals surface area contributed by atoms with Crippen LogP contribution in [0.25, 0.3) is 5.65 Å². The summed E-state index contributed by atoms with van der Waals surface area (Å²) >= 11 is 0. The highest BCUT2D eigenvalue weighted by Crippen LogP contribution is 2.48. The number of nitrogens with one attached hydrogen (secondary N) is 2. The summed E-state index contributed by atoms with van der Waals surface area (Å²) in [5.41, 5.74) is 3.49. The first-order chi connectivity index (χ1) is 12.6. The van der Waals surface area contributed by atoms with Crippen LogP contribution in [0.3, 0.4) is 0 Å². The van der Waals surface area contributed by atoms with Crippen LogP contribution in [0.15, 0.2) is 48.7 Å². The first kappa shape index (κ1) is 16.6. The van der Waals surface area contributed by atoms with Gasteiger partial charge < -0.3 is 10.6 Å². The van der Waals surface area contributed by atoms with E-state index in [2.05, 4.69) is 52.0 Å². The summed E-state index contributed by atoms with van der Waals surface area (Å²) in [4.78, 5) is 12.4. The predicted molar refractivity (Wildman–Crippen MR) is 100 cm³/mol. The maximum absolute atomic E-state index is 12.4. The van der Waals surface area contributed by atoms with Crippen LogP contribution < -0.4 is 10.6 Å². The monoisotopic (exact) mass is 349 g/mol. The summed E-state index contributed by atoms with van der Waals surface area (Å²) in [7, 11) is 0. The van der Waals surface area contributed by atoms with Gasteiger partial charge in [-0.25, -0.2) is 4.79 Å². The van der Waals surface area contributed by atoms with Gasteiger partial charge in [-0.2, -0.15) is 0 Å². The normalized spacial score (nSPS) is 16.2. The summed E-state index contributed by atoms with van der Waals surface area (Å²) in [5, 5.41) is 14.3. The van der Waals surface area contributed by atoms with Crippen LogP contribution in [-0.4, -0.2) is 27.2 Å². The van der Waals surface area contributed by atoms with Crippen molar-refractivity contribution >= 4 is 11.7 Å². The molecule has 0 aliphatic heterocycles. The number of rotatable bonds is 5. The standard InChI is InChI=1S/C20H23N5O/c1-14-7-3-4-8-16(14)20(10-11-20)13-21-19(26)22-15(2)18-24-23-17-9-5-6-12-25(17)18/h3-9,12,15H,10-11,13H2,1-2H3,(H2,21,22,26)/t15-/m0/s1. The highest BCUT2D eigenvalue weighted by molar-refractivity contribution is 5.74. The number of benzene rings is 1. The quantitative estimate of drug-likeness (QED) is 0.743. The van der Waals surface area contributed by atoms with E-state index in [1.165, 1.54) is 11.1 Å². The lowest BCUT2D eigenvalue weighted by Gasteiger charge is -2.20. The zero-order valence-electron chi connectivity index (χ0n) is 15.1. The Balaban J connectivity index is 1.39. The summed E-state index contributed by atoms with van der Waals surface area (Å²) in [6, 6.07) is 13.8. The van der Waals surface area contributed by atoms with E-state index in [9.17, 15) is 4.79 Å². The number of hydrogen-bond donors (Lipinski definition) is 2. The van der Waals surface area contributed by atoms with Crippen LogP contribution in [0, 0.1) is 6.92 Å². The molecule has 4 rings (SSSR count). The van der Waals surface area contributed by atoms with Gasteiger partial charge in [-0.15, -0.1) is 10.2 Å². The topological polar surface area (TPSA) is 71.3 Å². The molecule has 26 heavy (non-hydrogen) atoms. The molecule has 1 atom stereocenters. The number of hydrogen-bond acceptors (Lipinski definition) is 3. The highest BCUT2D eigenvalue weighted by atomic mass is 16.2. The Hall–Kier alpha value is -2.89. The SMILES string of the molecule is Cc1ccccc1C1(CNC(=O)N[C@@H](C)c2nnc3ccccn23)CC1. The molecule has 1 aromatic carbocycles. The molecule has 2 aromatic heterocycles. The molecule has 0 spiro atoms. The van der Waals surface area contributed by atoms with Crippen LogP contribution in [0.1, 0.15) is 42.8 Å². The number of fused-ring (bicyclic) bond motifs is 1. The third kappa shape index (κ3) is 3.03. The van der Waals surface area contributed by atoms with Crippen molar-refractivity contribution in [3.63, 3.8) is 0 Å². The molecule has 1 aliphatic carbocycles. The van der Waals surface area contributed by atoms with Crippen LogP contribution in [0.2, 0.25) is 0 Å². The molecule has 134 valence electrons. The molecular weight excluding hydrogens is 326 g/mol. The second kappa shape index (κ2) is 6.44. The van der Waals surface area contributed by atoms with Gasteiger partial charge in [0.25, 0.3) is 0 Å². The number of aryl methyl sites for hydroxylation is 1. The number of aromatic nitrogens is 3. The van der Waals surface area contributed by atoms with Crippen molar-refractivity contribution in [3.05, 3.63) is 65.6 Å². The third-order valence-corrected chi connectivity index (χ3v) is 5.23. The van der Waals surface area contributed by atoms with E-state index in [4.69, 9.17) is 0 Å². The molecule has 2 N–H and O–H groups in total. The number of pyridine rings is 1. The molecule has 6 heteroatoms. The van der Waals surface area contributed by atoms with Crippen LogP contribution in [0.4, 0.5) is 4.79 Å². The zero-order valence-corrected chi connectivity index (χ0v) is 15.1. The molecule has 1 fully saturated rings. The van der Waals surface area contributed by atoms with Crippen molar-refractivity contribution < 1.29 is 4.79 Å². The Morgan fingerprint density at radius 3 is 2.73 bits per heavy atom. The average Bonchev–Trinajstić information content (AvgIpc) is 3.30. The molecule has 0 bridgehead atoms. The van der Waals surface area contributed by atoms with Gasteiger partial charge in [0, 0.05) is 18.2 Å². The van der Waals surface area contributed by atoms with Crippen LogP contribution in [-0.2, 0) is 5.41 Å². The second-order valence-electron chi connectivity index (χ2n) is 7.13. The molecule has 1 saturated carbocycles. The van der Waals surface area contributed by atoms with Crippen molar-refractivity contribution in [3.8, 4) is 0 Å². The van der Waals surface area contributed by atoms with E-state index < -0.39 is 0 Å². The van der Waals surface area contributed by atoms with Gasteiger partial charge in [0.15, 0.2) is 11.5 Å². The molecule has 0 saturated heterocycles. The van der Waals surface area contributed by atoms with Gasteiger partial charge >= 0.3 is 6.03 Å². The van der Waals surface area contributed by atoms with Crippen molar-refractivity contribution in [2.24, 2.45) is 0 Å². The van der Waals surface area contributed by atoms with Gasteiger partial charge in [-0.1, -0.05) is 30.3 Å². The molecule has 3 aromatic rings. The number of carbonyl (C=O) groups is 1. The molecular formula is C20H23N5O. The summed E-state index contributed by atoms with van der Waals surface area (Å²) in [6.45, 7) is 4.70. The minimum Gasteiger partial charge on any atom is -0.337 e. The van der Waals surface area contributed by atoms with Crippen molar-refractivity contribution in [2.75, 3.05) is 6.54 Å². The lowest BCUT2D eigenvalue weighted by atomic mass is 9.92. The highest BCUT2D eigenvalue weighted by Gasteiger charge is 2.45. The first-order valence-electron chi connectivity index (χ1n) is 8.99. The van der Waals surface area contributed by atoms with E-state index >= 15 is 0 Å². The van der Waals surface area contributed by atoms with Crippen LogP contribution in [0.5, 0.6) is 0 Å². The summed E-state index contributed by atoms with van der Waals surface area (Å²) in [6.07, 6.45) is 4.13. The van der Waals surface area contributed by atoms with Crippen molar-refractivity contribution in [1.82, 2.24) is 25.2 Å². The fourth-order valence-corrected chi connectivity index (χ4v) is 3.58. The van der Waals surface area contributed by atoms with Crippen LogP contribution >= 0.6 is 0 Å². The minimum atomic E-state index is -0.235. The van der Waals surface area contributed by atoms with Gasteiger partial charge in [-0.3, -0.25) is 4.40 Å². The molecule has 2 amide bonds. The third-order valence-electron chi connectivity index (χ3n) is 5.23. The summed E-state index contributed by atoms with van der Waals surface area (Å²) < 4.78 is 1.89. The fraction of sp³-hybridized carbons (Fsp3) is 0.350. The van der Waals surface area contributed by atoms with E-state index in [0.29, 0.717) is 6.54 Å². The van der Waals surface area contributed by atoms with E-state index in [-0.39, 0.29) is 17.5 Å². The van der Waals surface area contributed by atoms with E-state index in [1.807, 2.05) is 35.7 Å². The molecule has 0 unspecified atom stereocenters. The first-order valence-corrected chi connectivity index (χ1v) is 8.99. The fourth-order valence-electron chi connectivity index (χ4n) is 3.58. The number of urea groups is 1. The Morgan fingerprint density at radius 2 is 1.96 bits per heavy atom. The number of carbonyl (C=O) groups excluding carboxylic acids is 1. The Kier molecular flexibility index (Phi) is 4.11. The Bertz CT molecular complexity index is 944. The van der Waals surface area contributed by atoms with Gasteiger partial charge in [0.2, 0.25) is 0 Å². The smallest absolute Gasteiger partial charge is 0.315 e. The van der Waals surface area contributed by atoms with Gasteiger partial charge in [-0.05, 0) is 49.9 Å². The van der Waals surface area contributed by atoms with Gasteiger partial charge in [0.05, 0.1) is 6.04 Å². The minimum absolute atomic E-state index is 0.0908. The molecule has 6 nitrogen and oxygen atoms in total. The zero-order chi connectivity index (χ0) is 18.1. The van der Waals surface area contributed by atoms with Crippen molar-refractivity contribution in [1.29, 1.82) is 0 Å². The van der Waals surface area contributed by atoms with Gasteiger partial charge in [0.1, 0.15) is 0 Å². The maximum Gasteiger partial charge on any atom is 0.315 e. The molecule has 0 radical (unpaired) electrons. The van der Waals surface area contributed by atoms with E-state index in [0.717, 1.165) is 24.3 Å². The second-order valence-corrected chi connectivity index (χ2v) is 7.13. The lowest BCUT2D eigenvalue weighted by molar-refractivity contribution is 0.236. The Labute approximate surface area is 152 Å². The maximum atomic E-state index is 12.4. The molecule has 1 aliphatic rings. The Morgan fingerprint density at radius 1 is 1.19 bits per heavy atom.